The summed E-state index contributed by atoms with van der Waals surface area (Å²) in [5.41, 5.74) is 1.05. The summed E-state index contributed by atoms with van der Waals surface area (Å²) in [6.45, 7) is 2.14. The van der Waals surface area contributed by atoms with Gasteiger partial charge in [0.15, 0.2) is 5.83 Å². The molecular formula is C17H19F. The molecule has 0 aliphatic carbocycles. The van der Waals surface area contributed by atoms with E-state index in [4.69, 9.17) is 0 Å². The summed E-state index contributed by atoms with van der Waals surface area (Å²) in [6.07, 6.45) is 9.10. The summed E-state index contributed by atoms with van der Waals surface area (Å²) in [5.74, 6) is 4.99. The van der Waals surface area contributed by atoms with Gasteiger partial charge in [-0.1, -0.05) is 68.2 Å². The fourth-order valence-electron chi connectivity index (χ4n) is 1.46. The third kappa shape index (κ3) is 6.70. The average molecular weight is 242 g/mol. The van der Waals surface area contributed by atoms with Gasteiger partial charge in [-0.3, -0.25) is 0 Å². The van der Waals surface area contributed by atoms with Crippen LogP contribution in [0.5, 0.6) is 0 Å². The molecule has 0 aromatic heterocycles. The monoisotopic (exact) mass is 242 g/mol. The lowest BCUT2D eigenvalue weighted by atomic mass is 10.2. The maximum absolute atomic E-state index is 13.3. The fourth-order valence-corrected chi connectivity index (χ4v) is 1.46. The molecule has 1 rings (SSSR count). The third-order valence-corrected chi connectivity index (χ3v) is 2.44. The van der Waals surface area contributed by atoms with E-state index in [1.54, 1.807) is 6.08 Å². The average Bonchev–Trinajstić information content (AvgIpc) is 2.40. The van der Waals surface area contributed by atoms with Crippen molar-refractivity contribution in [1.82, 2.24) is 0 Å². The standard InChI is InChI=1S/C17H19F/c1-2-3-4-5-9-14-17(18)15-10-13-16-11-7-6-8-12-16/h6-8,10-13,15H,2-5H2,1H3/b13-10+,17-15+. The van der Waals surface area contributed by atoms with Gasteiger partial charge in [0.2, 0.25) is 0 Å². The highest BCUT2D eigenvalue weighted by Crippen LogP contribution is 2.03. The van der Waals surface area contributed by atoms with Crippen molar-refractivity contribution in [3.05, 3.63) is 53.9 Å². The highest BCUT2D eigenvalue weighted by Gasteiger charge is 1.85. The normalized spacial score (nSPS) is 11.3. The second kappa shape index (κ2) is 9.24. The Morgan fingerprint density at radius 2 is 2.00 bits per heavy atom. The van der Waals surface area contributed by atoms with Crippen molar-refractivity contribution in [2.45, 2.75) is 32.6 Å². The van der Waals surface area contributed by atoms with E-state index >= 15 is 0 Å². The molecular weight excluding hydrogens is 223 g/mol. The topological polar surface area (TPSA) is 0 Å². The molecule has 18 heavy (non-hydrogen) atoms. The van der Waals surface area contributed by atoms with Crippen LogP contribution < -0.4 is 0 Å². The first-order valence-electron chi connectivity index (χ1n) is 6.40. The smallest absolute Gasteiger partial charge is 0.173 e. The van der Waals surface area contributed by atoms with Crippen LogP contribution in [-0.4, -0.2) is 0 Å². The molecule has 0 bridgehead atoms. The Morgan fingerprint density at radius 1 is 1.22 bits per heavy atom. The van der Waals surface area contributed by atoms with Crippen LogP contribution in [0.25, 0.3) is 6.08 Å². The molecule has 1 heteroatoms. The van der Waals surface area contributed by atoms with Crippen LogP contribution in [0.15, 0.2) is 48.3 Å². The Kier molecular flexibility index (Phi) is 7.32. The molecule has 0 radical (unpaired) electrons. The van der Waals surface area contributed by atoms with Gasteiger partial charge in [-0.15, -0.1) is 0 Å². The first kappa shape index (κ1) is 14.3. The van der Waals surface area contributed by atoms with Gasteiger partial charge in [0.05, 0.1) is 0 Å². The van der Waals surface area contributed by atoms with Crippen molar-refractivity contribution >= 4 is 6.08 Å². The van der Waals surface area contributed by atoms with Gasteiger partial charge in [0.1, 0.15) is 0 Å². The number of benzene rings is 1. The van der Waals surface area contributed by atoms with Crippen molar-refractivity contribution in [2.75, 3.05) is 0 Å². The molecule has 0 atom stereocenters. The molecule has 1 aromatic rings. The molecule has 0 aliphatic rings. The Balaban J connectivity index is 2.39. The molecule has 0 saturated carbocycles. The summed E-state index contributed by atoms with van der Waals surface area (Å²) in [5, 5.41) is 0. The highest BCUT2D eigenvalue weighted by molar-refractivity contribution is 5.51. The lowest BCUT2D eigenvalue weighted by Crippen LogP contribution is -1.72. The highest BCUT2D eigenvalue weighted by atomic mass is 19.1. The lowest BCUT2D eigenvalue weighted by molar-refractivity contribution is 0.675. The molecule has 0 amide bonds. The summed E-state index contributed by atoms with van der Waals surface area (Å²) in [6, 6.07) is 9.80. The van der Waals surface area contributed by atoms with Gasteiger partial charge in [-0.25, -0.2) is 0 Å². The van der Waals surface area contributed by atoms with Crippen molar-refractivity contribution < 1.29 is 4.39 Å². The van der Waals surface area contributed by atoms with E-state index in [1.165, 1.54) is 12.5 Å². The fraction of sp³-hybridized carbons (Fsp3) is 0.294. The van der Waals surface area contributed by atoms with Crippen molar-refractivity contribution in [3.63, 3.8) is 0 Å². The Bertz CT molecular complexity index is 443. The minimum atomic E-state index is -0.376. The van der Waals surface area contributed by atoms with Crippen LogP contribution in [0.3, 0.4) is 0 Å². The second-order valence-corrected chi connectivity index (χ2v) is 4.04. The summed E-state index contributed by atoms with van der Waals surface area (Å²) in [4.78, 5) is 0. The van der Waals surface area contributed by atoms with Gasteiger partial charge < -0.3 is 0 Å². The number of unbranched alkanes of at least 4 members (excludes halogenated alkanes) is 3. The SMILES string of the molecule is CCCCCC#C/C(F)=C\C=C\c1ccccc1. The van der Waals surface area contributed by atoms with E-state index in [0.29, 0.717) is 0 Å². The van der Waals surface area contributed by atoms with Crippen molar-refractivity contribution in [1.29, 1.82) is 0 Å². The Morgan fingerprint density at radius 3 is 2.72 bits per heavy atom. The van der Waals surface area contributed by atoms with Crippen molar-refractivity contribution in [3.8, 4) is 11.8 Å². The molecule has 0 spiro atoms. The summed E-state index contributed by atoms with van der Waals surface area (Å²) < 4.78 is 13.3. The van der Waals surface area contributed by atoms with Crippen LogP contribution in [0.4, 0.5) is 4.39 Å². The molecule has 0 fully saturated rings. The predicted molar refractivity (Wildman–Crippen MR) is 76.6 cm³/mol. The third-order valence-electron chi connectivity index (χ3n) is 2.44. The molecule has 0 saturated heterocycles. The lowest BCUT2D eigenvalue weighted by Gasteiger charge is -1.89. The van der Waals surface area contributed by atoms with E-state index < -0.39 is 0 Å². The maximum Gasteiger partial charge on any atom is 0.173 e. The number of halogens is 1. The molecule has 1 aromatic carbocycles. The van der Waals surface area contributed by atoms with Gasteiger partial charge in [-0.05, 0) is 24.0 Å². The summed E-state index contributed by atoms with van der Waals surface area (Å²) in [7, 11) is 0. The van der Waals surface area contributed by atoms with Crippen molar-refractivity contribution in [2.24, 2.45) is 0 Å². The van der Waals surface area contributed by atoms with E-state index in [1.807, 2.05) is 36.4 Å². The van der Waals surface area contributed by atoms with Crippen LogP contribution in [-0.2, 0) is 0 Å². The van der Waals surface area contributed by atoms with E-state index in [-0.39, 0.29) is 5.83 Å². The number of hydrogen-bond donors (Lipinski definition) is 0. The largest absolute Gasteiger partial charge is 0.197 e. The number of rotatable bonds is 5. The second-order valence-electron chi connectivity index (χ2n) is 4.04. The number of allylic oxidation sites excluding steroid dienone is 3. The quantitative estimate of drug-likeness (QED) is 0.381. The Labute approximate surface area is 109 Å². The van der Waals surface area contributed by atoms with Crippen LogP contribution >= 0.6 is 0 Å². The van der Waals surface area contributed by atoms with E-state index in [2.05, 4.69) is 18.8 Å². The van der Waals surface area contributed by atoms with Gasteiger partial charge in [0.25, 0.3) is 0 Å². The van der Waals surface area contributed by atoms with Crippen LogP contribution in [0, 0.1) is 11.8 Å². The minimum absolute atomic E-state index is 0.376. The molecule has 0 unspecified atom stereocenters. The molecule has 0 nitrogen and oxygen atoms in total. The molecule has 94 valence electrons. The van der Waals surface area contributed by atoms with Crippen LogP contribution in [0.1, 0.15) is 38.2 Å². The zero-order chi connectivity index (χ0) is 13.1. The van der Waals surface area contributed by atoms with Crippen LogP contribution in [0.2, 0.25) is 0 Å². The zero-order valence-corrected chi connectivity index (χ0v) is 10.8. The minimum Gasteiger partial charge on any atom is -0.197 e. The first-order chi connectivity index (χ1) is 8.83. The van der Waals surface area contributed by atoms with E-state index in [0.717, 1.165) is 24.8 Å². The summed E-state index contributed by atoms with van der Waals surface area (Å²) >= 11 is 0. The maximum atomic E-state index is 13.3. The molecule has 0 N–H and O–H groups in total. The Hall–Kier alpha value is -1.81. The van der Waals surface area contributed by atoms with Gasteiger partial charge in [-0.2, -0.15) is 4.39 Å². The molecule has 0 heterocycles. The first-order valence-corrected chi connectivity index (χ1v) is 6.40. The zero-order valence-electron chi connectivity index (χ0n) is 10.8. The predicted octanol–water partition coefficient (Wildman–Crippen LogP) is 5.14. The van der Waals surface area contributed by atoms with Gasteiger partial charge in [0, 0.05) is 6.42 Å². The van der Waals surface area contributed by atoms with E-state index in [9.17, 15) is 4.39 Å². The molecule has 0 aliphatic heterocycles. The van der Waals surface area contributed by atoms with Gasteiger partial charge >= 0.3 is 0 Å². The number of hydrogen-bond acceptors (Lipinski definition) is 0.